The predicted octanol–water partition coefficient (Wildman–Crippen LogP) is 2.14. The van der Waals surface area contributed by atoms with Crippen LogP contribution in [0.2, 0.25) is 0 Å². The van der Waals surface area contributed by atoms with Crippen molar-refractivity contribution in [3.8, 4) is 5.69 Å². The largest absolute Gasteiger partial charge is 0.333 e. The van der Waals surface area contributed by atoms with Crippen LogP contribution in [0.1, 0.15) is 42.2 Å². The summed E-state index contributed by atoms with van der Waals surface area (Å²) in [5, 5.41) is 7.97. The molecule has 1 aliphatic rings. The van der Waals surface area contributed by atoms with Gasteiger partial charge < -0.3 is 4.90 Å². The number of benzene rings is 1. The van der Waals surface area contributed by atoms with Crippen LogP contribution in [0.3, 0.4) is 0 Å². The lowest BCUT2D eigenvalue weighted by atomic mass is 10.2. The second kappa shape index (κ2) is 7.75. The Bertz CT molecular complexity index is 942. The van der Waals surface area contributed by atoms with Crippen LogP contribution in [-0.4, -0.2) is 58.3 Å². The maximum Gasteiger partial charge on any atom is 0.276 e. The molecule has 1 saturated heterocycles. The highest BCUT2D eigenvalue weighted by Gasteiger charge is 2.35. The molecule has 9 heteroatoms. The van der Waals surface area contributed by atoms with Crippen LogP contribution in [0.25, 0.3) is 5.69 Å². The molecule has 2 heterocycles. The monoisotopic (exact) mass is 394 g/mol. The first-order valence-corrected chi connectivity index (χ1v) is 10.8. The van der Waals surface area contributed by atoms with Gasteiger partial charge in [-0.25, -0.2) is 17.5 Å². The van der Waals surface area contributed by atoms with Crippen molar-refractivity contribution in [2.24, 2.45) is 0 Å². The molecule has 0 aliphatic carbocycles. The molecule has 2 aromatic rings. The summed E-state index contributed by atoms with van der Waals surface area (Å²) in [4.78, 5) is 14.6. The minimum atomic E-state index is -3.10. The average molecular weight is 394 g/mol. The molecule has 1 aromatic heterocycles. The molecule has 1 aromatic carbocycles. The van der Waals surface area contributed by atoms with Crippen molar-refractivity contribution in [3.05, 3.63) is 41.5 Å². The van der Waals surface area contributed by atoms with E-state index >= 15 is 0 Å². The fourth-order valence-electron chi connectivity index (χ4n) is 3.30. The van der Waals surface area contributed by atoms with Gasteiger partial charge in [-0.1, -0.05) is 18.6 Å². The number of nitrogens with zero attached hydrogens (tertiary/aromatic N) is 4. The topological polar surface area (TPSA) is 85.2 Å². The molecule has 0 saturated carbocycles. The Morgan fingerprint density at radius 1 is 1.41 bits per heavy atom. The van der Waals surface area contributed by atoms with E-state index in [-0.39, 0.29) is 35.0 Å². The van der Waals surface area contributed by atoms with Gasteiger partial charge in [-0.2, -0.15) is 0 Å². The molecule has 1 fully saturated rings. The highest BCUT2D eigenvalue weighted by Crippen LogP contribution is 2.21. The van der Waals surface area contributed by atoms with Crippen molar-refractivity contribution in [1.82, 2.24) is 19.9 Å². The number of hydrogen-bond acceptors (Lipinski definition) is 5. The first-order valence-electron chi connectivity index (χ1n) is 9.01. The average Bonchev–Trinajstić information content (AvgIpc) is 3.22. The molecule has 1 unspecified atom stereocenters. The van der Waals surface area contributed by atoms with Crippen molar-refractivity contribution in [3.63, 3.8) is 0 Å². The quantitative estimate of drug-likeness (QED) is 0.749. The van der Waals surface area contributed by atoms with Crippen LogP contribution in [0.15, 0.2) is 24.4 Å². The number of aromatic nitrogens is 3. The van der Waals surface area contributed by atoms with Crippen molar-refractivity contribution >= 4 is 15.7 Å². The van der Waals surface area contributed by atoms with Crippen molar-refractivity contribution in [1.29, 1.82) is 0 Å². The maximum atomic E-state index is 13.3. The molecule has 0 spiro atoms. The summed E-state index contributed by atoms with van der Waals surface area (Å²) in [6.07, 6.45) is 3.63. The number of hydrogen-bond donors (Lipinski definition) is 0. The van der Waals surface area contributed by atoms with E-state index in [1.54, 1.807) is 17.9 Å². The van der Waals surface area contributed by atoms with Crippen LogP contribution >= 0.6 is 0 Å². The van der Waals surface area contributed by atoms with Gasteiger partial charge in [0, 0.05) is 12.6 Å². The predicted molar refractivity (Wildman–Crippen MR) is 99.1 cm³/mol. The van der Waals surface area contributed by atoms with E-state index in [4.69, 9.17) is 0 Å². The SMILES string of the molecule is CCCCN(C(=O)c1cn(-c2ccc(F)cc2C)nn1)C1CCS(=O)(=O)C1. The van der Waals surface area contributed by atoms with Crippen molar-refractivity contribution < 1.29 is 17.6 Å². The Kier molecular flexibility index (Phi) is 5.59. The zero-order chi connectivity index (χ0) is 19.6. The van der Waals surface area contributed by atoms with E-state index in [1.807, 2.05) is 6.92 Å². The van der Waals surface area contributed by atoms with E-state index in [0.717, 1.165) is 12.8 Å². The number of sulfone groups is 1. The minimum Gasteiger partial charge on any atom is -0.333 e. The highest BCUT2D eigenvalue weighted by atomic mass is 32.2. The van der Waals surface area contributed by atoms with Crippen molar-refractivity contribution in [2.45, 2.75) is 39.2 Å². The first-order chi connectivity index (χ1) is 12.8. The van der Waals surface area contributed by atoms with Gasteiger partial charge in [-0.3, -0.25) is 4.79 Å². The summed E-state index contributed by atoms with van der Waals surface area (Å²) in [5.41, 5.74) is 1.45. The molecule has 3 rings (SSSR count). The second-order valence-electron chi connectivity index (χ2n) is 6.89. The third-order valence-corrected chi connectivity index (χ3v) is 6.53. The molecular weight excluding hydrogens is 371 g/mol. The summed E-state index contributed by atoms with van der Waals surface area (Å²) < 4.78 is 38.4. The van der Waals surface area contributed by atoms with E-state index in [0.29, 0.717) is 24.2 Å². The molecule has 0 radical (unpaired) electrons. The smallest absolute Gasteiger partial charge is 0.276 e. The number of unbranched alkanes of at least 4 members (excludes halogenated alkanes) is 1. The lowest BCUT2D eigenvalue weighted by molar-refractivity contribution is 0.0688. The number of rotatable bonds is 6. The van der Waals surface area contributed by atoms with Crippen molar-refractivity contribution in [2.75, 3.05) is 18.1 Å². The van der Waals surface area contributed by atoms with Crippen LogP contribution in [0.5, 0.6) is 0 Å². The number of carbonyl (C=O) groups is 1. The summed E-state index contributed by atoms with van der Waals surface area (Å²) in [6, 6.07) is 3.95. The number of halogens is 1. The second-order valence-corrected chi connectivity index (χ2v) is 9.12. The summed E-state index contributed by atoms with van der Waals surface area (Å²) in [7, 11) is -3.10. The molecule has 27 heavy (non-hydrogen) atoms. The third kappa shape index (κ3) is 4.35. The van der Waals surface area contributed by atoms with E-state index < -0.39 is 9.84 Å². The zero-order valence-electron chi connectivity index (χ0n) is 15.4. The lowest BCUT2D eigenvalue weighted by Gasteiger charge is -2.27. The maximum absolute atomic E-state index is 13.3. The van der Waals surface area contributed by atoms with Crippen LogP contribution in [0, 0.1) is 12.7 Å². The van der Waals surface area contributed by atoms with Gasteiger partial charge in [-0.05, 0) is 43.5 Å². The summed E-state index contributed by atoms with van der Waals surface area (Å²) in [5.74, 6) is -0.569. The van der Waals surface area contributed by atoms with E-state index in [9.17, 15) is 17.6 Å². The zero-order valence-corrected chi connectivity index (χ0v) is 16.2. The Hall–Kier alpha value is -2.29. The van der Waals surface area contributed by atoms with Crippen LogP contribution in [0.4, 0.5) is 4.39 Å². The standard InChI is InChI=1S/C18H23FN4O3S/c1-3-4-8-22(15-7-9-27(25,26)12-15)18(24)16-11-23(21-20-16)17-6-5-14(19)10-13(17)2/h5-6,10-11,15H,3-4,7-9,12H2,1-2H3. The summed E-state index contributed by atoms with van der Waals surface area (Å²) >= 11 is 0. The molecule has 146 valence electrons. The normalized spacial score (nSPS) is 18.6. The third-order valence-electron chi connectivity index (χ3n) is 4.78. The molecule has 1 atom stereocenters. The van der Waals surface area contributed by atoms with E-state index in [2.05, 4.69) is 10.3 Å². The Balaban J connectivity index is 1.85. The number of carbonyl (C=O) groups excluding carboxylic acids is 1. The fourth-order valence-corrected chi connectivity index (χ4v) is 5.03. The lowest BCUT2D eigenvalue weighted by Crippen LogP contribution is -2.42. The molecule has 0 N–H and O–H groups in total. The van der Waals surface area contributed by atoms with Gasteiger partial charge in [0.15, 0.2) is 15.5 Å². The van der Waals surface area contributed by atoms with Gasteiger partial charge in [0.2, 0.25) is 0 Å². The van der Waals surface area contributed by atoms with Gasteiger partial charge in [0.1, 0.15) is 5.82 Å². The van der Waals surface area contributed by atoms with Gasteiger partial charge in [0.25, 0.3) is 5.91 Å². The number of amides is 1. The molecule has 0 bridgehead atoms. The molecule has 7 nitrogen and oxygen atoms in total. The molecular formula is C18H23FN4O3S. The van der Waals surface area contributed by atoms with E-state index in [1.165, 1.54) is 23.0 Å². The van der Waals surface area contributed by atoms with Crippen LogP contribution < -0.4 is 0 Å². The molecule has 1 amide bonds. The van der Waals surface area contributed by atoms with Gasteiger partial charge in [-0.15, -0.1) is 5.10 Å². The molecule has 1 aliphatic heterocycles. The Labute approximate surface area is 158 Å². The first kappa shape index (κ1) is 19.5. The van der Waals surface area contributed by atoms with Gasteiger partial charge >= 0.3 is 0 Å². The minimum absolute atomic E-state index is 0.00629. The number of aryl methyl sites for hydroxylation is 1. The Morgan fingerprint density at radius 3 is 2.81 bits per heavy atom. The van der Waals surface area contributed by atoms with Gasteiger partial charge in [0.05, 0.1) is 23.4 Å². The Morgan fingerprint density at radius 2 is 2.19 bits per heavy atom. The van der Waals surface area contributed by atoms with Crippen LogP contribution in [-0.2, 0) is 9.84 Å². The highest BCUT2D eigenvalue weighted by molar-refractivity contribution is 7.91. The summed E-state index contributed by atoms with van der Waals surface area (Å²) in [6.45, 7) is 4.25. The fraction of sp³-hybridized carbons (Fsp3) is 0.500.